The Morgan fingerprint density at radius 2 is 2.00 bits per heavy atom. The summed E-state index contributed by atoms with van der Waals surface area (Å²) >= 11 is 0. The molecule has 0 amide bonds. The maximum absolute atomic E-state index is 5.41. The van der Waals surface area contributed by atoms with Crippen molar-refractivity contribution in [1.82, 2.24) is 0 Å². The summed E-state index contributed by atoms with van der Waals surface area (Å²) in [5, 5.41) is 0. The zero-order valence-corrected chi connectivity index (χ0v) is 8.02. The average Bonchev–Trinajstić information content (AvgIpc) is 2.55. The predicted molar refractivity (Wildman–Crippen MR) is 47.6 cm³/mol. The third-order valence-electron chi connectivity index (χ3n) is 3.53. The monoisotopic (exact) mass is 156 g/mol. The number of ether oxygens (including phenoxy) is 1. The highest BCUT2D eigenvalue weighted by Gasteiger charge is 2.33. The van der Waals surface area contributed by atoms with E-state index in [2.05, 4.69) is 20.8 Å². The zero-order chi connectivity index (χ0) is 8.32. The lowest BCUT2D eigenvalue weighted by atomic mass is 9.73. The molecule has 0 aliphatic carbocycles. The van der Waals surface area contributed by atoms with Gasteiger partial charge >= 0.3 is 0 Å². The molecular formula is C10H20O. The summed E-state index contributed by atoms with van der Waals surface area (Å²) in [4.78, 5) is 0. The van der Waals surface area contributed by atoms with Crippen molar-refractivity contribution in [2.45, 2.75) is 40.0 Å². The first-order chi connectivity index (χ1) is 5.23. The molecule has 1 unspecified atom stereocenters. The minimum absolute atomic E-state index is 0.538. The molecule has 1 rings (SSSR count). The first-order valence-corrected chi connectivity index (χ1v) is 4.80. The molecule has 1 aliphatic heterocycles. The molecule has 66 valence electrons. The third kappa shape index (κ3) is 1.76. The van der Waals surface area contributed by atoms with Gasteiger partial charge in [0.15, 0.2) is 0 Å². The van der Waals surface area contributed by atoms with Crippen molar-refractivity contribution in [2.75, 3.05) is 13.2 Å². The van der Waals surface area contributed by atoms with Crippen LogP contribution < -0.4 is 0 Å². The standard InChI is InChI=1S/C10H20O/c1-4-10(3,5-2)9-6-7-11-8-9/h9H,4-8H2,1-3H3. The highest BCUT2D eigenvalue weighted by molar-refractivity contribution is 4.82. The molecule has 1 nitrogen and oxygen atoms in total. The lowest BCUT2D eigenvalue weighted by Crippen LogP contribution is -2.26. The summed E-state index contributed by atoms with van der Waals surface area (Å²) in [7, 11) is 0. The molecule has 1 atom stereocenters. The molecule has 1 saturated heterocycles. The Balaban J connectivity index is 2.52. The van der Waals surface area contributed by atoms with Crippen molar-refractivity contribution >= 4 is 0 Å². The van der Waals surface area contributed by atoms with Crippen molar-refractivity contribution in [3.05, 3.63) is 0 Å². The Morgan fingerprint density at radius 3 is 2.36 bits per heavy atom. The van der Waals surface area contributed by atoms with Crippen LogP contribution in [0, 0.1) is 11.3 Å². The fourth-order valence-electron chi connectivity index (χ4n) is 1.91. The smallest absolute Gasteiger partial charge is 0.0500 e. The molecule has 0 bridgehead atoms. The highest BCUT2D eigenvalue weighted by Crippen LogP contribution is 2.39. The summed E-state index contributed by atoms with van der Waals surface area (Å²) in [6.45, 7) is 8.97. The maximum atomic E-state index is 5.41. The van der Waals surface area contributed by atoms with Crippen molar-refractivity contribution in [3.63, 3.8) is 0 Å². The lowest BCUT2D eigenvalue weighted by molar-refractivity contribution is 0.124. The summed E-state index contributed by atoms with van der Waals surface area (Å²) in [6.07, 6.45) is 3.85. The molecule has 0 saturated carbocycles. The molecule has 1 aliphatic rings. The summed E-state index contributed by atoms with van der Waals surface area (Å²) in [5.74, 6) is 0.817. The molecule has 11 heavy (non-hydrogen) atoms. The molecule has 0 N–H and O–H groups in total. The Morgan fingerprint density at radius 1 is 1.36 bits per heavy atom. The van der Waals surface area contributed by atoms with Crippen LogP contribution >= 0.6 is 0 Å². The largest absolute Gasteiger partial charge is 0.381 e. The SMILES string of the molecule is CCC(C)(CC)C1CCOC1. The Bertz CT molecular complexity index is 110. The molecular weight excluding hydrogens is 136 g/mol. The summed E-state index contributed by atoms with van der Waals surface area (Å²) in [6, 6.07) is 0. The number of hydrogen-bond acceptors (Lipinski definition) is 1. The van der Waals surface area contributed by atoms with Crippen molar-refractivity contribution in [1.29, 1.82) is 0 Å². The van der Waals surface area contributed by atoms with Gasteiger partial charge in [-0.2, -0.15) is 0 Å². The second kappa shape index (κ2) is 3.57. The zero-order valence-electron chi connectivity index (χ0n) is 8.02. The van der Waals surface area contributed by atoms with Crippen LogP contribution in [0.15, 0.2) is 0 Å². The van der Waals surface area contributed by atoms with Crippen LogP contribution in [0.4, 0.5) is 0 Å². The summed E-state index contributed by atoms with van der Waals surface area (Å²) in [5.41, 5.74) is 0.538. The van der Waals surface area contributed by atoms with E-state index in [0.717, 1.165) is 19.1 Å². The minimum Gasteiger partial charge on any atom is -0.381 e. The van der Waals surface area contributed by atoms with Gasteiger partial charge in [0.1, 0.15) is 0 Å². The van der Waals surface area contributed by atoms with E-state index < -0.39 is 0 Å². The van der Waals surface area contributed by atoms with Gasteiger partial charge in [0, 0.05) is 13.2 Å². The van der Waals surface area contributed by atoms with Crippen molar-refractivity contribution in [3.8, 4) is 0 Å². The molecule has 0 aromatic heterocycles. The molecule has 1 fully saturated rings. The van der Waals surface area contributed by atoms with E-state index in [-0.39, 0.29) is 0 Å². The van der Waals surface area contributed by atoms with Crippen molar-refractivity contribution in [2.24, 2.45) is 11.3 Å². The number of rotatable bonds is 3. The van der Waals surface area contributed by atoms with Crippen molar-refractivity contribution < 1.29 is 4.74 Å². The minimum atomic E-state index is 0.538. The normalized spacial score (nSPS) is 25.9. The highest BCUT2D eigenvalue weighted by atomic mass is 16.5. The van der Waals surface area contributed by atoms with E-state index >= 15 is 0 Å². The van der Waals surface area contributed by atoms with E-state index in [9.17, 15) is 0 Å². The van der Waals surface area contributed by atoms with Gasteiger partial charge in [0.25, 0.3) is 0 Å². The van der Waals surface area contributed by atoms with E-state index in [1.165, 1.54) is 19.3 Å². The fourth-order valence-corrected chi connectivity index (χ4v) is 1.91. The van der Waals surface area contributed by atoms with Gasteiger partial charge in [0.2, 0.25) is 0 Å². The molecule has 0 aromatic carbocycles. The van der Waals surface area contributed by atoms with Crippen LogP contribution in [-0.2, 0) is 4.74 Å². The van der Waals surface area contributed by atoms with Gasteiger partial charge < -0.3 is 4.74 Å². The molecule has 1 heteroatoms. The van der Waals surface area contributed by atoms with Gasteiger partial charge in [-0.3, -0.25) is 0 Å². The lowest BCUT2D eigenvalue weighted by Gasteiger charge is -2.32. The molecule has 0 aromatic rings. The van der Waals surface area contributed by atoms with Gasteiger partial charge in [0.05, 0.1) is 0 Å². The van der Waals surface area contributed by atoms with Gasteiger partial charge in [-0.25, -0.2) is 0 Å². The molecule has 0 radical (unpaired) electrons. The molecule has 1 heterocycles. The van der Waals surface area contributed by atoms with Crippen LogP contribution in [0.5, 0.6) is 0 Å². The fraction of sp³-hybridized carbons (Fsp3) is 1.00. The van der Waals surface area contributed by atoms with E-state index in [4.69, 9.17) is 4.74 Å². The van der Waals surface area contributed by atoms with E-state index in [1.54, 1.807) is 0 Å². The predicted octanol–water partition coefficient (Wildman–Crippen LogP) is 2.85. The van der Waals surface area contributed by atoms with Crippen LogP contribution in [0.3, 0.4) is 0 Å². The second-order valence-electron chi connectivity index (χ2n) is 3.92. The topological polar surface area (TPSA) is 9.23 Å². The first-order valence-electron chi connectivity index (χ1n) is 4.80. The first kappa shape index (κ1) is 9.05. The molecule has 0 spiro atoms. The van der Waals surface area contributed by atoms with E-state index in [1.807, 2.05) is 0 Å². The van der Waals surface area contributed by atoms with E-state index in [0.29, 0.717) is 5.41 Å². The van der Waals surface area contributed by atoms with Crippen LogP contribution in [-0.4, -0.2) is 13.2 Å². The maximum Gasteiger partial charge on any atom is 0.0500 e. The summed E-state index contributed by atoms with van der Waals surface area (Å²) < 4.78 is 5.41. The van der Waals surface area contributed by atoms with Crippen LogP contribution in [0.2, 0.25) is 0 Å². The second-order valence-corrected chi connectivity index (χ2v) is 3.92. The van der Waals surface area contributed by atoms with Gasteiger partial charge in [-0.15, -0.1) is 0 Å². The van der Waals surface area contributed by atoms with Gasteiger partial charge in [-0.1, -0.05) is 33.6 Å². The van der Waals surface area contributed by atoms with Gasteiger partial charge in [-0.05, 0) is 17.8 Å². The van der Waals surface area contributed by atoms with Crippen LogP contribution in [0.1, 0.15) is 40.0 Å². The third-order valence-corrected chi connectivity index (χ3v) is 3.53. The Hall–Kier alpha value is -0.0400. The Labute approximate surface area is 70.1 Å². The average molecular weight is 156 g/mol. The number of hydrogen-bond donors (Lipinski definition) is 0. The van der Waals surface area contributed by atoms with Crippen LogP contribution in [0.25, 0.3) is 0 Å². The Kier molecular flexibility index (Phi) is 2.94. The quantitative estimate of drug-likeness (QED) is 0.610.